The van der Waals surface area contributed by atoms with Gasteiger partial charge in [-0.15, -0.1) is 0 Å². The fourth-order valence-electron chi connectivity index (χ4n) is 2.38. The second-order valence-electron chi connectivity index (χ2n) is 4.67. The minimum Gasteiger partial charge on any atom is -0.467 e. The summed E-state index contributed by atoms with van der Waals surface area (Å²) in [5.74, 6) is 0. The fourth-order valence-corrected chi connectivity index (χ4v) is 2.38. The van der Waals surface area contributed by atoms with E-state index in [-0.39, 0.29) is 0 Å². The molecule has 1 aliphatic rings. The molecule has 3 rings (SSSR count). The molecule has 0 saturated heterocycles. The number of aromatic amines is 1. The zero-order chi connectivity index (χ0) is 12.0. The molecule has 0 unspecified atom stereocenters. The van der Waals surface area contributed by atoms with Crippen molar-refractivity contribution in [3.05, 3.63) is 17.5 Å². The molecule has 2 aromatic heterocycles. The van der Waals surface area contributed by atoms with Crippen LogP contribution in [0.25, 0.3) is 11.0 Å². The summed E-state index contributed by atoms with van der Waals surface area (Å²) in [5.41, 5.74) is 4.57. The monoisotopic (exact) mass is 232 g/mol. The number of aromatic nitrogens is 3. The van der Waals surface area contributed by atoms with Crippen LogP contribution < -0.4 is 4.74 Å². The van der Waals surface area contributed by atoms with Crippen molar-refractivity contribution in [2.24, 2.45) is 0 Å². The van der Waals surface area contributed by atoms with Gasteiger partial charge in [0.25, 0.3) is 0 Å². The summed E-state index contributed by atoms with van der Waals surface area (Å²) in [5, 5.41) is 0. The molecule has 17 heavy (non-hydrogen) atoms. The van der Waals surface area contributed by atoms with Crippen molar-refractivity contribution < 1.29 is 4.74 Å². The van der Waals surface area contributed by atoms with Crippen molar-refractivity contribution in [3.63, 3.8) is 0 Å². The van der Waals surface area contributed by atoms with E-state index in [4.69, 9.17) is 4.74 Å². The summed E-state index contributed by atoms with van der Waals surface area (Å²) < 4.78 is 5.08. The van der Waals surface area contributed by atoms with Crippen molar-refractivity contribution in [1.82, 2.24) is 19.9 Å². The first-order valence-corrected chi connectivity index (χ1v) is 5.79. The lowest BCUT2D eigenvalue weighted by atomic mass is 10.0. The van der Waals surface area contributed by atoms with Gasteiger partial charge >= 0.3 is 6.01 Å². The Morgan fingerprint density at radius 1 is 1.53 bits per heavy atom. The van der Waals surface area contributed by atoms with Gasteiger partial charge < -0.3 is 9.72 Å². The van der Waals surface area contributed by atoms with Crippen molar-refractivity contribution in [2.75, 3.05) is 14.2 Å². The van der Waals surface area contributed by atoms with Crippen LogP contribution in [0.2, 0.25) is 0 Å². The van der Waals surface area contributed by atoms with Crippen LogP contribution in [0, 0.1) is 0 Å². The molecule has 90 valence electrons. The first kappa shape index (κ1) is 10.5. The maximum absolute atomic E-state index is 5.08. The second-order valence-corrected chi connectivity index (χ2v) is 4.67. The molecule has 1 atom stereocenters. The number of fused-ring (bicyclic) bond motifs is 3. The summed E-state index contributed by atoms with van der Waals surface area (Å²) in [6.45, 7) is 3.18. The Hall–Kier alpha value is -1.62. The van der Waals surface area contributed by atoms with Crippen LogP contribution in [0.5, 0.6) is 6.01 Å². The van der Waals surface area contributed by atoms with Crippen molar-refractivity contribution in [1.29, 1.82) is 0 Å². The van der Waals surface area contributed by atoms with Gasteiger partial charge in [0.2, 0.25) is 0 Å². The Morgan fingerprint density at radius 3 is 3.12 bits per heavy atom. The number of nitrogens with zero attached hydrogens (tertiary/aromatic N) is 3. The molecule has 5 nitrogen and oxygen atoms in total. The molecule has 0 saturated carbocycles. The Bertz CT molecular complexity index is 563. The highest BCUT2D eigenvalue weighted by Crippen LogP contribution is 2.28. The minimum atomic E-state index is 0.436. The number of H-pyrrole nitrogens is 1. The second kappa shape index (κ2) is 3.70. The van der Waals surface area contributed by atoms with E-state index in [2.05, 4.69) is 33.8 Å². The van der Waals surface area contributed by atoms with E-state index in [0.29, 0.717) is 12.1 Å². The highest BCUT2D eigenvalue weighted by Gasteiger charge is 2.24. The average molecular weight is 232 g/mol. The smallest absolute Gasteiger partial charge is 0.316 e. The summed E-state index contributed by atoms with van der Waals surface area (Å²) >= 11 is 0. The van der Waals surface area contributed by atoms with Gasteiger partial charge in [0, 0.05) is 23.8 Å². The van der Waals surface area contributed by atoms with E-state index in [1.807, 2.05) is 0 Å². The van der Waals surface area contributed by atoms with Crippen LogP contribution in [-0.2, 0) is 13.0 Å². The molecule has 0 bridgehead atoms. The summed E-state index contributed by atoms with van der Waals surface area (Å²) in [7, 11) is 3.74. The molecule has 5 heteroatoms. The van der Waals surface area contributed by atoms with Gasteiger partial charge in [-0.1, -0.05) is 0 Å². The van der Waals surface area contributed by atoms with E-state index in [9.17, 15) is 0 Å². The van der Waals surface area contributed by atoms with Crippen molar-refractivity contribution in [2.45, 2.75) is 25.9 Å². The van der Waals surface area contributed by atoms with E-state index in [1.54, 1.807) is 13.3 Å². The van der Waals surface area contributed by atoms with Gasteiger partial charge in [0.1, 0.15) is 0 Å². The lowest BCUT2D eigenvalue weighted by Crippen LogP contribution is -2.34. The predicted molar refractivity (Wildman–Crippen MR) is 65.1 cm³/mol. The molecular weight excluding hydrogens is 216 g/mol. The average Bonchev–Trinajstić information content (AvgIpc) is 2.67. The van der Waals surface area contributed by atoms with Crippen molar-refractivity contribution in [3.8, 4) is 6.01 Å². The fraction of sp³-hybridized carbons (Fsp3) is 0.500. The van der Waals surface area contributed by atoms with E-state index < -0.39 is 0 Å². The van der Waals surface area contributed by atoms with Crippen LogP contribution >= 0.6 is 0 Å². The summed E-state index contributed by atoms with van der Waals surface area (Å²) in [6, 6.07) is 0.980. The number of ether oxygens (including phenoxy) is 1. The number of hydrogen-bond donors (Lipinski definition) is 1. The molecule has 2 aromatic rings. The van der Waals surface area contributed by atoms with Gasteiger partial charge in [-0.05, 0) is 20.4 Å². The highest BCUT2D eigenvalue weighted by molar-refractivity contribution is 5.80. The molecule has 1 N–H and O–H groups in total. The van der Waals surface area contributed by atoms with E-state index in [0.717, 1.165) is 24.0 Å². The third-order valence-corrected chi connectivity index (χ3v) is 3.54. The van der Waals surface area contributed by atoms with Crippen LogP contribution in [0.15, 0.2) is 6.20 Å². The minimum absolute atomic E-state index is 0.436. The van der Waals surface area contributed by atoms with Gasteiger partial charge in [0.05, 0.1) is 24.3 Å². The number of methoxy groups -OCH3 is 1. The van der Waals surface area contributed by atoms with Gasteiger partial charge in [0.15, 0.2) is 0 Å². The SMILES string of the molecule is COc1ncc2[nH]c3c(c2n1)C[C@@H](C)N(C)C3. The zero-order valence-electron chi connectivity index (χ0n) is 10.3. The Morgan fingerprint density at radius 2 is 2.35 bits per heavy atom. The Kier molecular flexibility index (Phi) is 2.29. The molecule has 0 aromatic carbocycles. The third-order valence-electron chi connectivity index (χ3n) is 3.54. The van der Waals surface area contributed by atoms with E-state index in [1.165, 1.54) is 11.3 Å². The summed E-state index contributed by atoms with van der Waals surface area (Å²) in [4.78, 5) is 14.3. The Labute approximate surface area is 99.8 Å². The molecule has 3 heterocycles. The van der Waals surface area contributed by atoms with Gasteiger partial charge in [-0.2, -0.15) is 4.98 Å². The van der Waals surface area contributed by atoms with Crippen LogP contribution in [0.1, 0.15) is 18.2 Å². The first-order chi connectivity index (χ1) is 8.19. The van der Waals surface area contributed by atoms with Crippen LogP contribution in [0.4, 0.5) is 0 Å². The number of rotatable bonds is 1. The van der Waals surface area contributed by atoms with Gasteiger partial charge in [-0.25, -0.2) is 4.98 Å². The number of hydrogen-bond acceptors (Lipinski definition) is 4. The standard InChI is InChI=1S/C12H16N4O/c1-7-4-8-10(6-16(7)2)14-9-5-13-12(17-3)15-11(8)9/h5,7,14H,4,6H2,1-3H3/t7-/m1/s1. The lowest BCUT2D eigenvalue weighted by Gasteiger charge is -2.29. The normalized spacial score (nSPS) is 20.5. The predicted octanol–water partition coefficient (Wildman–Crippen LogP) is 1.34. The molecule has 1 aliphatic heterocycles. The van der Waals surface area contributed by atoms with E-state index >= 15 is 0 Å². The van der Waals surface area contributed by atoms with Gasteiger partial charge in [-0.3, -0.25) is 4.90 Å². The molecular formula is C12H16N4O. The maximum atomic E-state index is 5.08. The first-order valence-electron chi connectivity index (χ1n) is 5.79. The largest absolute Gasteiger partial charge is 0.467 e. The molecule has 0 radical (unpaired) electrons. The Balaban J connectivity index is 2.17. The maximum Gasteiger partial charge on any atom is 0.316 e. The molecule has 0 fully saturated rings. The topological polar surface area (TPSA) is 54.0 Å². The van der Waals surface area contributed by atoms with Crippen molar-refractivity contribution >= 4 is 11.0 Å². The molecule has 0 spiro atoms. The third kappa shape index (κ3) is 1.58. The molecule has 0 aliphatic carbocycles. The zero-order valence-corrected chi connectivity index (χ0v) is 10.3. The van der Waals surface area contributed by atoms with Crippen LogP contribution in [-0.4, -0.2) is 40.1 Å². The number of nitrogens with one attached hydrogen (secondary N) is 1. The highest BCUT2D eigenvalue weighted by atomic mass is 16.5. The lowest BCUT2D eigenvalue weighted by molar-refractivity contribution is 0.229. The summed E-state index contributed by atoms with van der Waals surface area (Å²) in [6.07, 6.45) is 2.82. The molecule has 0 amide bonds. The quantitative estimate of drug-likeness (QED) is 0.806. The number of likely N-dealkylation sites (N-methyl/N-ethyl adjacent to an activating group) is 1. The van der Waals surface area contributed by atoms with Crippen LogP contribution in [0.3, 0.4) is 0 Å².